The molecule has 0 aliphatic carbocycles. The van der Waals surface area contributed by atoms with E-state index >= 15 is 0 Å². The summed E-state index contributed by atoms with van der Waals surface area (Å²) >= 11 is 0. The summed E-state index contributed by atoms with van der Waals surface area (Å²) < 4.78 is 62.4. The molecule has 0 heterocycles. The van der Waals surface area contributed by atoms with Crippen molar-refractivity contribution in [1.29, 1.82) is 0 Å². The lowest BCUT2D eigenvalue weighted by Crippen LogP contribution is -2.38. The van der Waals surface area contributed by atoms with Crippen molar-refractivity contribution >= 4 is 5.96 Å². The topological polar surface area (TPSA) is 36.4 Å². The molecule has 0 saturated heterocycles. The van der Waals surface area contributed by atoms with E-state index in [-0.39, 0.29) is 19.0 Å². The van der Waals surface area contributed by atoms with Crippen LogP contribution in [0.15, 0.2) is 23.2 Å². The fourth-order valence-corrected chi connectivity index (χ4v) is 2.02. The Kier molecular flexibility index (Phi) is 7.94. The highest BCUT2D eigenvalue weighted by atomic mass is 19.4. The zero-order valence-corrected chi connectivity index (χ0v) is 13.7. The van der Waals surface area contributed by atoms with Gasteiger partial charge in [0.05, 0.1) is 6.04 Å². The third-order valence-electron chi connectivity index (χ3n) is 3.28. The van der Waals surface area contributed by atoms with E-state index < -0.39 is 24.2 Å². The lowest BCUT2D eigenvalue weighted by Gasteiger charge is -2.18. The van der Waals surface area contributed by atoms with Gasteiger partial charge < -0.3 is 10.6 Å². The van der Waals surface area contributed by atoms with Crippen LogP contribution in [-0.4, -0.2) is 25.2 Å². The highest BCUT2D eigenvalue weighted by molar-refractivity contribution is 5.80. The van der Waals surface area contributed by atoms with Crippen molar-refractivity contribution in [3.63, 3.8) is 0 Å². The Bertz CT molecular complexity index is 543. The Morgan fingerprint density at radius 1 is 1.17 bits per heavy atom. The van der Waals surface area contributed by atoms with Crippen LogP contribution in [0.25, 0.3) is 0 Å². The minimum atomic E-state index is -4.15. The highest BCUT2D eigenvalue weighted by Gasteiger charge is 2.25. The van der Waals surface area contributed by atoms with Crippen LogP contribution >= 0.6 is 0 Å². The van der Waals surface area contributed by atoms with Crippen molar-refractivity contribution in [3.8, 4) is 0 Å². The number of alkyl halides is 3. The van der Waals surface area contributed by atoms with Crippen LogP contribution in [0.5, 0.6) is 0 Å². The molecule has 1 aromatic rings. The molecule has 0 aliphatic rings. The van der Waals surface area contributed by atoms with Crippen LogP contribution in [0, 0.1) is 11.6 Å². The molecule has 1 atom stereocenters. The Hall–Kier alpha value is -1.86. The standard InChI is InChI=1S/C16H22F5N3/c1-3-22-15(23-9-5-4-8-16(19,20)21)24-11(2)12-6-7-13(17)14(18)10-12/h6-7,10-11H,3-5,8-9H2,1-2H3,(H2,22,23,24). The van der Waals surface area contributed by atoms with E-state index in [1.807, 2.05) is 6.92 Å². The smallest absolute Gasteiger partial charge is 0.357 e. The minimum Gasteiger partial charge on any atom is -0.357 e. The zero-order valence-electron chi connectivity index (χ0n) is 13.7. The maximum atomic E-state index is 13.3. The van der Waals surface area contributed by atoms with Crippen LogP contribution in [0.1, 0.15) is 44.7 Å². The summed E-state index contributed by atoms with van der Waals surface area (Å²) in [6, 6.07) is 3.26. The van der Waals surface area contributed by atoms with Crippen LogP contribution in [0.2, 0.25) is 0 Å². The van der Waals surface area contributed by atoms with E-state index in [0.29, 0.717) is 24.5 Å². The van der Waals surface area contributed by atoms with Crippen molar-refractivity contribution in [3.05, 3.63) is 35.4 Å². The predicted molar refractivity (Wildman–Crippen MR) is 83.8 cm³/mol. The van der Waals surface area contributed by atoms with E-state index in [0.717, 1.165) is 12.1 Å². The van der Waals surface area contributed by atoms with Gasteiger partial charge in [-0.1, -0.05) is 6.07 Å². The number of nitrogens with one attached hydrogen (secondary N) is 2. The van der Waals surface area contributed by atoms with Gasteiger partial charge in [0, 0.05) is 19.5 Å². The maximum Gasteiger partial charge on any atom is 0.389 e. The summed E-state index contributed by atoms with van der Waals surface area (Å²) in [6.45, 7) is 4.42. The Morgan fingerprint density at radius 3 is 2.46 bits per heavy atom. The van der Waals surface area contributed by atoms with Gasteiger partial charge in [-0.25, -0.2) is 8.78 Å². The third-order valence-corrected chi connectivity index (χ3v) is 3.28. The molecular weight excluding hydrogens is 329 g/mol. The number of hydrogen-bond acceptors (Lipinski definition) is 1. The largest absolute Gasteiger partial charge is 0.389 e. The molecule has 1 aromatic carbocycles. The zero-order chi connectivity index (χ0) is 18.2. The Morgan fingerprint density at radius 2 is 1.88 bits per heavy atom. The second-order valence-electron chi connectivity index (χ2n) is 5.37. The second-order valence-corrected chi connectivity index (χ2v) is 5.37. The number of aliphatic imine (C=N–C) groups is 1. The van der Waals surface area contributed by atoms with Crippen LogP contribution < -0.4 is 10.6 Å². The summed E-state index contributed by atoms with van der Waals surface area (Å²) in [5.74, 6) is -1.44. The fourth-order valence-electron chi connectivity index (χ4n) is 2.02. The molecule has 0 bridgehead atoms. The maximum absolute atomic E-state index is 13.3. The van der Waals surface area contributed by atoms with Gasteiger partial charge in [0.15, 0.2) is 17.6 Å². The Balaban J connectivity index is 2.57. The van der Waals surface area contributed by atoms with Gasteiger partial charge in [0.2, 0.25) is 0 Å². The lowest BCUT2D eigenvalue weighted by molar-refractivity contribution is -0.135. The van der Waals surface area contributed by atoms with Crippen molar-refractivity contribution in [2.45, 2.75) is 45.3 Å². The summed E-state index contributed by atoms with van der Waals surface area (Å²) in [5.41, 5.74) is 0.538. The first-order chi connectivity index (χ1) is 11.2. The molecule has 0 saturated carbocycles. The van der Waals surface area contributed by atoms with Crippen molar-refractivity contribution < 1.29 is 22.0 Å². The van der Waals surface area contributed by atoms with E-state index in [1.54, 1.807) is 6.92 Å². The van der Waals surface area contributed by atoms with Crippen LogP contribution in [-0.2, 0) is 0 Å². The molecule has 2 N–H and O–H groups in total. The molecule has 0 fully saturated rings. The average Bonchev–Trinajstić information content (AvgIpc) is 2.48. The number of unbranched alkanes of at least 4 members (excludes halogenated alkanes) is 1. The third kappa shape index (κ3) is 7.61. The molecule has 0 amide bonds. The Labute approximate surface area is 138 Å². The molecule has 1 rings (SSSR count). The van der Waals surface area contributed by atoms with E-state index in [4.69, 9.17) is 0 Å². The molecule has 0 aliphatic heterocycles. The summed E-state index contributed by atoms with van der Waals surface area (Å²) in [5, 5.41) is 5.98. The van der Waals surface area contributed by atoms with E-state index in [2.05, 4.69) is 15.6 Å². The molecular formula is C16H22F5N3. The van der Waals surface area contributed by atoms with Gasteiger partial charge in [0.1, 0.15) is 0 Å². The average molecular weight is 351 g/mol. The number of rotatable bonds is 7. The van der Waals surface area contributed by atoms with Crippen molar-refractivity contribution in [1.82, 2.24) is 10.6 Å². The molecule has 0 radical (unpaired) electrons. The number of benzene rings is 1. The fraction of sp³-hybridized carbons (Fsp3) is 0.562. The van der Waals surface area contributed by atoms with Gasteiger partial charge in [-0.15, -0.1) is 0 Å². The van der Waals surface area contributed by atoms with Gasteiger partial charge in [-0.05, 0) is 44.4 Å². The monoisotopic (exact) mass is 351 g/mol. The summed E-state index contributed by atoms with van der Waals surface area (Å²) in [4.78, 5) is 4.20. The number of hydrogen-bond donors (Lipinski definition) is 2. The SMILES string of the molecule is CCNC(=NCCCCC(F)(F)F)NC(C)c1ccc(F)c(F)c1. The summed E-state index contributed by atoms with van der Waals surface area (Å²) in [7, 11) is 0. The van der Waals surface area contributed by atoms with Crippen LogP contribution in [0.3, 0.4) is 0 Å². The molecule has 3 nitrogen and oxygen atoms in total. The first kappa shape index (κ1) is 20.2. The molecule has 0 aromatic heterocycles. The van der Waals surface area contributed by atoms with Crippen molar-refractivity contribution in [2.24, 2.45) is 4.99 Å². The summed E-state index contributed by atoms with van der Waals surface area (Å²) in [6.07, 6.45) is -4.63. The van der Waals surface area contributed by atoms with Crippen LogP contribution in [0.4, 0.5) is 22.0 Å². The normalized spacial score (nSPS) is 13.7. The van der Waals surface area contributed by atoms with Gasteiger partial charge in [-0.3, -0.25) is 4.99 Å². The first-order valence-electron chi connectivity index (χ1n) is 7.79. The number of halogens is 5. The number of nitrogens with zero attached hydrogens (tertiary/aromatic N) is 1. The molecule has 24 heavy (non-hydrogen) atoms. The second kappa shape index (κ2) is 9.44. The molecule has 8 heteroatoms. The van der Waals surface area contributed by atoms with Gasteiger partial charge in [-0.2, -0.15) is 13.2 Å². The van der Waals surface area contributed by atoms with Gasteiger partial charge >= 0.3 is 6.18 Å². The molecule has 1 unspecified atom stereocenters. The first-order valence-corrected chi connectivity index (χ1v) is 7.79. The van der Waals surface area contributed by atoms with Crippen molar-refractivity contribution in [2.75, 3.05) is 13.1 Å². The molecule has 0 spiro atoms. The number of guanidine groups is 1. The lowest BCUT2D eigenvalue weighted by atomic mass is 10.1. The predicted octanol–water partition coefficient (Wildman–Crippen LogP) is 4.31. The minimum absolute atomic E-state index is 0.0190. The van der Waals surface area contributed by atoms with E-state index in [1.165, 1.54) is 6.07 Å². The highest BCUT2D eigenvalue weighted by Crippen LogP contribution is 2.22. The van der Waals surface area contributed by atoms with Gasteiger partial charge in [0.25, 0.3) is 0 Å². The van der Waals surface area contributed by atoms with E-state index in [9.17, 15) is 22.0 Å². The molecule has 136 valence electrons. The quantitative estimate of drug-likeness (QED) is 0.332.